The van der Waals surface area contributed by atoms with Crippen LogP contribution in [0.5, 0.6) is 5.75 Å². The summed E-state index contributed by atoms with van der Waals surface area (Å²) in [6, 6.07) is 13.7. The zero-order valence-corrected chi connectivity index (χ0v) is 31.6. The van der Waals surface area contributed by atoms with E-state index in [1.165, 1.54) is 23.5 Å². The minimum absolute atomic E-state index is 0.0294. The molecule has 2 aromatic carbocycles. The van der Waals surface area contributed by atoms with E-state index >= 15 is 0 Å². The number of hydrogen-bond donors (Lipinski definition) is 2. The highest BCUT2D eigenvalue weighted by Gasteiger charge is 2.40. The van der Waals surface area contributed by atoms with Crippen LogP contribution >= 0.6 is 23.1 Å². The number of aliphatic hydroxyl groups excluding tert-OH is 1. The number of thiazole rings is 1. The van der Waals surface area contributed by atoms with Crippen LogP contribution in [0.3, 0.4) is 0 Å². The van der Waals surface area contributed by atoms with Crippen LogP contribution in [0.25, 0.3) is 0 Å². The Labute approximate surface area is 299 Å². The summed E-state index contributed by atoms with van der Waals surface area (Å²) in [6.07, 6.45) is 1.03. The van der Waals surface area contributed by atoms with Gasteiger partial charge in [0.25, 0.3) is 0 Å². The van der Waals surface area contributed by atoms with E-state index in [1.54, 1.807) is 45.0 Å². The number of carbonyl (C=O) groups is 2. The number of nitrogens with one attached hydrogen (secondary N) is 1. The minimum atomic E-state index is -3.99. The standard InChI is InChI=1S/C35H49N5O6S3/c1-24(2)19-39(49(44,45)29-14-12-28(46-5)13-15-29)21-31(41)30(18-26-10-8-7-9-11-26)37-34(42)33(25(3)4)40-17-16-38(35(40)43)20-27-22-48-32(36-27)23-47-6/h7-15,22,24-25,30-31,33,41H,16-21,23H2,1-6H3,(H,37,42)/t30-,31-,33-/m0/s1. The molecule has 1 aromatic heterocycles. The molecule has 0 radical (unpaired) electrons. The predicted octanol–water partition coefficient (Wildman–Crippen LogP) is 4.71. The zero-order chi connectivity index (χ0) is 35.7. The van der Waals surface area contributed by atoms with Crippen LogP contribution in [0.2, 0.25) is 0 Å². The molecule has 0 unspecified atom stereocenters. The average molecular weight is 732 g/mol. The molecule has 49 heavy (non-hydrogen) atoms. The Hall–Kier alpha value is -3.17. The zero-order valence-electron chi connectivity index (χ0n) is 29.1. The van der Waals surface area contributed by atoms with Crippen molar-refractivity contribution in [1.82, 2.24) is 24.4 Å². The number of benzene rings is 2. The Bertz CT molecular complexity index is 1620. The Balaban J connectivity index is 1.55. The van der Waals surface area contributed by atoms with Crippen LogP contribution in [0.1, 0.15) is 44.0 Å². The number of carbonyl (C=O) groups excluding carboxylic acids is 2. The van der Waals surface area contributed by atoms with E-state index in [2.05, 4.69) is 10.3 Å². The lowest BCUT2D eigenvalue weighted by molar-refractivity contribution is -0.128. The number of nitrogens with zero attached hydrogens (tertiary/aromatic N) is 4. The van der Waals surface area contributed by atoms with Crippen LogP contribution in [0.15, 0.2) is 64.9 Å². The van der Waals surface area contributed by atoms with Gasteiger partial charge >= 0.3 is 6.03 Å². The lowest BCUT2D eigenvalue weighted by Gasteiger charge is -2.34. The summed E-state index contributed by atoms with van der Waals surface area (Å²) in [7, 11) is -2.48. The first-order chi connectivity index (χ1) is 23.3. The molecule has 1 saturated heterocycles. The molecule has 0 aliphatic carbocycles. The molecule has 1 fully saturated rings. The van der Waals surface area contributed by atoms with Gasteiger partial charge in [-0.05, 0) is 54.3 Å². The first kappa shape index (κ1) is 38.6. The number of urea groups is 1. The highest BCUT2D eigenvalue weighted by molar-refractivity contribution is 7.97. The van der Waals surface area contributed by atoms with Crippen molar-refractivity contribution in [3.8, 4) is 5.75 Å². The molecular formula is C35H49N5O6S3. The number of methoxy groups -OCH3 is 1. The maximum absolute atomic E-state index is 14.1. The van der Waals surface area contributed by atoms with E-state index in [1.807, 2.05) is 69.7 Å². The summed E-state index contributed by atoms with van der Waals surface area (Å²) < 4.78 is 34.2. The molecule has 1 aliphatic heterocycles. The van der Waals surface area contributed by atoms with Gasteiger partial charge in [-0.1, -0.05) is 58.0 Å². The molecule has 3 amide bonds. The molecule has 268 valence electrons. The van der Waals surface area contributed by atoms with Crippen molar-refractivity contribution < 1.29 is 27.9 Å². The lowest BCUT2D eigenvalue weighted by Crippen LogP contribution is -2.57. The SMILES string of the molecule is COc1ccc(S(=O)(=O)N(CC(C)C)C[C@H](O)[C@H](Cc2ccccc2)NC(=O)[C@H](C(C)C)N2CCN(Cc3csc(CSC)n3)C2=O)cc1. The van der Waals surface area contributed by atoms with Crippen molar-refractivity contribution in [2.45, 2.75) is 69.5 Å². The Morgan fingerprint density at radius 1 is 1.08 bits per heavy atom. The van der Waals surface area contributed by atoms with Gasteiger partial charge in [0, 0.05) is 37.3 Å². The predicted molar refractivity (Wildman–Crippen MR) is 195 cm³/mol. The maximum atomic E-state index is 14.1. The number of rotatable bonds is 18. The number of aromatic nitrogens is 1. The average Bonchev–Trinajstić information content (AvgIpc) is 3.66. The number of hydrogen-bond acceptors (Lipinski definition) is 9. The second-order valence-electron chi connectivity index (χ2n) is 13.0. The maximum Gasteiger partial charge on any atom is 0.321 e. The number of sulfonamides is 1. The molecule has 2 N–H and O–H groups in total. The number of thioether (sulfide) groups is 1. The molecular weight excluding hydrogens is 683 g/mol. The van der Waals surface area contributed by atoms with Crippen LogP contribution in [0.4, 0.5) is 4.79 Å². The van der Waals surface area contributed by atoms with Crippen LogP contribution in [-0.2, 0) is 33.5 Å². The van der Waals surface area contributed by atoms with Gasteiger partial charge in [-0.25, -0.2) is 18.2 Å². The second-order valence-corrected chi connectivity index (χ2v) is 16.8. The summed E-state index contributed by atoms with van der Waals surface area (Å²) in [5.41, 5.74) is 1.70. The molecule has 0 saturated carbocycles. The molecule has 2 heterocycles. The van der Waals surface area contributed by atoms with Crippen LogP contribution in [-0.4, -0.2) is 102 Å². The molecule has 3 aromatic rings. The quantitative estimate of drug-likeness (QED) is 0.192. The largest absolute Gasteiger partial charge is 0.497 e. The van der Waals surface area contributed by atoms with Gasteiger partial charge in [0.15, 0.2) is 0 Å². The van der Waals surface area contributed by atoms with E-state index in [9.17, 15) is 23.1 Å². The summed E-state index contributed by atoms with van der Waals surface area (Å²) in [6.45, 7) is 8.75. The smallest absolute Gasteiger partial charge is 0.321 e. The van der Waals surface area contributed by atoms with Gasteiger partial charge in [0.1, 0.15) is 16.8 Å². The fourth-order valence-electron chi connectivity index (χ4n) is 5.95. The van der Waals surface area contributed by atoms with Crippen molar-refractivity contribution in [3.05, 3.63) is 76.2 Å². The summed E-state index contributed by atoms with van der Waals surface area (Å²) in [5.74, 6) is 0.702. The molecule has 0 bridgehead atoms. The van der Waals surface area contributed by atoms with Crippen molar-refractivity contribution in [3.63, 3.8) is 0 Å². The van der Waals surface area contributed by atoms with Crippen molar-refractivity contribution in [1.29, 1.82) is 0 Å². The van der Waals surface area contributed by atoms with E-state index in [4.69, 9.17) is 4.74 Å². The van der Waals surface area contributed by atoms with E-state index in [-0.39, 0.29) is 42.3 Å². The molecule has 11 nitrogen and oxygen atoms in total. The van der Waals surface area contributed by atoms with E-state index < -0.39 is 34.1 Å². The first-order valence-electron chi connectivity index (χ1n) is 16.5. The molecule has 4 rings (SSSR count). The molecule has 1 aliphatic rings. The van der Waals surface area contributed by atoms with Crippen LogP contribution < -0.4 is 10.1 Å². The summed E-state index contributed by atoms with van der Waals surface area (Å²) >= 11 is 3.27. The monoisotopic (exact) mass is 731 g/mol. The van der Waals surface area contributed by atoms with Crippen molar-refractivity contribution in [2.24, 2.45) is 11.8 Å². The van der Waals surface area contributed by atoms with E-state index in [0.29, 0.717) is 25.4 Å². The third-order valence-electron chi connectivity index (χ3n) is 8.33. The fraction of sp³-hybridized carbons (Fsp3) is 0.514. The minimum Gasteiger partial charge on any atom is -0.497 e. The van der Waals surface area contributed by atoms with E-state index in [0.717, 1.165) is 22.0 Å². The second kappa shape index (κ2) is 17.7. The number of amides is 3. The topological polar surface area (TPSA) is 132 Å². The highest BCUT2D eigenvalue weighted by atomic mass is 32.2. The molecule has 0 spiro atoms. The molecule has 14 heteroatoms. The molecule has 3 atom stereocenters. The van der Waals surface area contributed by atoms with Crippen molar-refractivity contribution >= 4 is 45.1 Å². The van der Waals surface area contributed by atoms with Gasteiger partial charge < -0.3 is 25.0 Å². The third kappa shape index (κ3) is 10.2. The van der Waals surface area contributed by atoms with Crippen LogP contribution in [0, 0.1) is 11.8 Å². The Morgan fingerprint density at radius 3 is 2.39 bits per heavy atom. The highest BCUT2D eigenvalue weighted by Crippen LogP contribution is 2.24. The van der Waals surface area contributed by atoms with Gasteiger partial charge in [-0.15, -0.1) is 11.3 Å². The summed E-state index contributed by atoms with van der Waals surface area (Å²) in [4.78, 5) is 35.8. The normalized spacial score (nSPS) is 15.7. The first-order valence-corrected chi connectivity index (χ1v) is 20.2. The van der Waals surface area contributed by atoms with Gasteiger partial charge in [-0.3, -0.25) is 4.79 Å². The number of aliphatic hydroxyl groups is 1. The van der Waals surface area contributed by atoms with Gasteiger partial charge in [0.2, 0.25) is 15.9 Å². The summed E-state index contributed by atoms with van der Waals surface area (Å²) in [5, 5.41) is 17.8. The Morgan fingerprint density at radius 2 is 1.78 bits per heavy atom. The Kier molecular flexibility index (Phi) is 13.9. The lowest BCUT2D eigenvalue weighted by atomic mass is 9.97. The number of ether oxygens (including phenoxy) is 1. The van der Waals surface area contributed by atoms with Gasteiger partial charge in [0.05, 0.1) is 36.4 Å². The van der Waals surface area contributed by atoms with Gasteiger partial charge in [-0.2, -0.15) is 16.1 Å². The third-order valence-corrected chi connectivity index (χ3v) is 11.8. The fourth-order valence-corrected chi connectivity index (χ4v) is 9.08. The van der Waals surface area contributed by atoms with Crippen molar-refractivity contribution in [2.75, 3.05) is 39.5 Å².